The summed E-state index contributed by atoms with van der Waals surface area (Å²) in [7, 11) is 0. The van der Waals surface area contributed by atoms with Crippen LogP contribution < -0.4 is 9.47 Å². The van der Waals surface area contributed by atoms with Crippen LogP contribution in [-0.2, 0) is 35.8 Å². The van der Waals surface area contributed by atoms with Crippen LogP contribution in [0.3, 0.4) is 0 Å². The fourth-order valence-corrected chi connectivity index (χ4v) is 8.87. The lowest BCUT2D eigenvalue weighted by Gasteiger charge is -2.24. The molecule has 10 rings (SSSR count). The Bertz CT molecular complexity index is 3180. The molecule has 326 valence electrons. The second-order valence-corrected chi connectivity index (χ2v) is 15.9. The van der Waals surface area contributed by atoms with E-state index in [0.29, 0.717) is 35.1 Å². The number of rotatable bonds is 9. The van der Waals surface area contributed by atoms with Gasteiger partial charge in [0.05, 0.1) is 33.4 Å². The molecule has 4 aliphatic carbocycles. The highest BCUT2D eigenvalue weighted by atomic mass is 16.5. The lowest BCUT2D eigenvalue weighted by Crippen LogP contribution is -2.22. The Morgan fingerprint density at radius 1 is 0.455 bits per heavy atom. The number of hydrogen-bond donors (Lipinski definition) is 6. The summed E-state index contributed by atoms with van der Waals surface area (Å²) in [5, 5.41) is 65.5. The zero-order valence-corrected chi connectivity index (χ0v) is 34.1. The fraction of sp³-hybridized carbons (Fsp3) is 0.0980. The lowest BCUT2D eigenvalue weighted by atomic mass is 9.83. The first-order valence-corrected chi connectivity index (χ1v) is 20.4. The number of ether oxygens (including phenoxy) is 3. The second-order valence-electron chi connectivity index (χ2n) is 15.9. The second kappa shape index (κ2) is 15.4. The summed E-state index contributed by atoms with van der Waals surface area (Å²) < 4.78 is 18.4. The van der Waals surface area contributed by atoms with E-state index in [1.54, 1.807) is 54.6 Å². The Morgan fingerprint density at radius 2 is 0.879 bits per heavy atom. The summed E-state index contributed by atoms with van der Waals surface area (Å²) in [4.78, 5) is 80.8. The van der Waals surface area contributed by atoms with Crippen LogP contribution in [0.25, 0.3) is 11.8 Å². The molecule has 0 radical (unpaired) electrons. The van der Waals surface area contributed by atoms with Crippen molar-refractivity contribution < 1.29 is 73.6 Å². The number of allylic oxidation sites excluding steroid dienone is 2. The van der Waals surface area contributed by atoms with E-state index >= 15 is 0 Å². The maximum Gasteiger partial charge on any atom is 0.237 e. The van der Waals surface area contributed by atoms with Crippen molar-refractivity contribution in [2.75, 3.05) is 0 Å². The topological polar surface area (TPSA) is 251 Å². The molecule has 0 bridgehead atoms. The first kappa shape index (κ1) is 41.1. The molecule has 15 nitrogen and oxygen atoms in total. The van der Waals surface area contributed by atoms with Crippen molar-refractivity contribution in [3.63, 3.8) is 0 Å². The van der Waals surface area contributed by atoms with Crippen LogP contribution in [0, 0.1) is 0 Å². The molecule has 0 fully saturated rings. The summed E-state index contributed by atoms with van der Waals surface area (Å²) in [6.07, 6.45) is 5.14. The fourth-order valence-electron chi connectivity index (χ4n) is 8.87. The monoisotopic (exact) mass is 884 g/mol. The molecule has 0 atom stereocenters. The number of hydrogen-bond acceptors (Lipinski definition) is 15. The molecule has 6 aromatic rings. The van der Waals surface area contributed by atoms with Gasteiger partial charge in [-0.25, -0.2) is 0 Å². The summed E-state index contributed by atoms with van der Waals surface area (Å²) in [5.74, 6) is -9.28. The quantitative estimate of drug-likeness (QED) is 0.0489. The van der Waals surface area contributed by atoms with Crippen molar-refractivity contribution in [2.24, 2.45) is 0 Å². The number of phenols is 6. The molecule has 15 heteroatoms. The molecule has 0 amide bonds. The van der Waals surface area contributed by atoms with E-state index < -0.39 is 80.1 Å². The predicted octanol–water partition coefficient (Wildman–Crippen LogP) is 6.91. The molecule has 6 aromatic carbocycles. The molecular weight excluding hydrogens is 853 g/mol. The molecule has 66 heavy (non-hydrogen) atoms. The van der Waals surface area contributed by atoms with Crippen LogP contribution in [0.2, 0.25) is 0 Å². The van der Waals surface area contributed by atoms with Crippen LogP contribution in [-0.4, -0.2) is 65.3 Å². The molecule has 0 aromatic heterocycles. The van der Waals surface area contributed by atoms with Gasteiger partial charge in [-0.15, -0.1) is 0 Å². The van der Waals surface area contributed by atoms with Gasteiger partial charge in [-0.2, -0.15) is 0 Å². The molecule has 0 saturated carbocycles. The third-order valence-corrected chi connectivity index (χ3v) is 11.9. The van der Waals surface area contributed by atoms with E-state index in [-0.39, 0.29) is 87.3 Å². The van der Waals surface area contributed by atoms with Gasteiger partial charge in [0, 0.05) is 51.6 Å². The third kappa shape index (κ3) is 6.35. The summed E-state index contributed by atoms with van der Waals surface area (Å²) in [6, 6.07) is 18.8. The van der Waals surface area contributed by atoms with E-state index in [1.165, 1.54) is 24.3 Å². The molecule has 0 spiro atoms. The minimum Gasteiger partial charge on any atom is -0.507 e. The summed E-state index contributed by atoms with van der Waals surface area (Å²) in [6.45, 7) is -1.06. The lowest BCUT2D eigenvalue weighted by molar-refractivity contribution is -0.111. The van der Waals surface area contributed by atoms with Crippen LogP contribution in [0.15, 0.2) is 91.0 Å². The number of carbonyl (C=O) groups excluding carboxylic acids is 6. The van der Waals surface area contributed by atoms with Crippen LogP contribution in [0.1, 0.15) is 114 Å². The van der Waals surface area contributed by atoms with E-state index in [0.717, 1.165) is 18.2 Å². The van der Waals surface area contributed by atoms with Crippen molar-refractivity contribution in [1.29, 1.82) is 0 Å². The van der Waals surface area contributed by atoms with Crippen LogP contribution in [0.4, 0.5) is 0 Å². The number of benzene rings is 6. The van der Waals surface area contributed by atoms with Gasteiger partial charge >= 0.3 is 0 Å². The van der Waals surface area contributed by atoms with E-state index in [4.69, 9.17) is 14.2 Å². The Kier molecular flexibility index (Phi) is 9.56. The normalized spacial score (nSPS) is 14.4. The van der Waals surface area contributed by atoms with Gasteiger partial charge < -0.3 is 44.8 Å². The zero-order chi connectivity index (χ0) is 46.3. The number of fused-ring (bicyclic) bond motifs is 6. The smallest absolute Gasteiger partial charge is 0.237 e. The van der Waals surface area contributed by atoms with Gasteiger partial charge in [-0.3, -0.25) is 28.8 Å². The Balaban J connectivity index is 1.02. The minimum atomic E-state index is -1.03. The van der Waals surface area contributed by atoms with Gasteiger partial charge in [0.15, 0.2) is 46.1 Å². The first-order chi connectivity index (χ1) is 31.7. The highest BCUT2D eigenvalue weighted by molar-refractivity contribution is 6.51. The molecule has 0 heterocycles. The summed E-state index contributed by atoms with van der Waals surface area (Å²) in [5.41, 5.74) is -0.210. The largest absolute Gasteiger partial charge is 0.507 e. The van der Waals surface area contributed by atoms with Gasteiger partial charge in [-0.05, 0) is 47.7 Å². The number of ketones is 6. The average Bonchev–Trinajstić information content (AvgIpc) is 3.32. The third-order valence-electron chi connectivity index (χ3n) is 11.9. The SMILES string of the molecule is O=C1C=C(OCc2cc(COc3cc(O)c(O)c4c3C(=O)c3ccccc3C4=O)cc(COc3cc(O)c(O)c4c3C(=O)c3ccccc3C4=O)c2)c2c(O)c3c(c(O)c2C1=O)CCC=C3. The highest BCUT2D eigenvalue weighted by Crippen LogP contribution is 2.48. The molecule has 0 aliphatic heterocycles. The molecular formula is C51H32O15. The van der Waals surface area contributed by atoms with Crippen LogP contribution in [0.5, 0.6) is 46.0 Å². The van der Waals surface area contributed by atoms with Crippen molar-refractivity contribution in [3.05, 3.63) is 174 Å². The van der Waals surface area contributed by atoms with Gasteiger partial charge in [-0.1, -0.05) is 60.7 Å². The van der Waals surface area contributed by atoms with E-state index in [1.807, 2.05) is 0 Å². The highest BCUT2D eigenvalue weighted by Gasteiger charge is 2.39. The standard InChI is InChI=1S/C51H32O15/c52-31-16-34(37-40(49(31)61)46(58)28-10-4-1-7-25(28)43(37)55)64-19-22-13-23(20-65-35-17-32(53)50(62)41-38(35)44(56)26-8-2-5-11-29(26)47(41)59)15-24(14-22)21-66-36-18-33(54)51(63)42-39(36)45(57)27-9-3-6-12-30(27)48(42)60/h1-5,7-11,13-18,52-53,57,60-62H,6,12,19-21H2. The van der Waals surface area contributed by atoms with Crippen molar-refractivity contribution in [1.82, 2.24) is 0 Å². The number of carbonyl (C=O) groups is 6. The number of phenolic OH excluding ortho intramolecular Hbond substituents is 6. The molecule has 4 aliphatic rings. The first-order valence-electron chi connectivity index (χ1n) is 20.4. The number of Topliss-reactive ketones (excluding diaryl/α,β-unsaturated/α-hetero) is 1. The Morgan fingerprint density at radius 3 is 1.35 bits per heavy atom. The van der Waals surface area contributed by atoms with Gasteiger partial charge in [0.1, 0.15) is 48.6 Å². The van der Waals surface area contributed by atoms with Crippen molar-refractivity contribution >= 4 is 46.5 Å². The Hall–Kier alpha value is -8.98. The average molecular weight is 885 g/mol. The van der Waals surface area contributed by atoms with E-state index in [9.17, 15) is 59.4 Å². The van der Waals surface area contributed by atoms with E-state index in [2.05, 4.69) is 0 Å². The molecule has 6 N–H and O–H groups in total. The number of aromatic hydroxyl groups is 6. The maximum atomic E-state index is 13.8. The minimum absolute atomic E-state index is 0.0272. The predicted molar refractivity (Wildman–Crippen MR) is 230 cm³/mol. The maximum absolute atomic E-state index is 13.8. The Labute approximate surface area is 372 Å². The van der Waals surface area contributed by atoms with Crippen LogP contribution >= 0.6 is 0 Å². The molecule has 0 saturated heterocycles. The molecule has 0 unspecified atom stereocenters. The van der Waals surface area contributed by atoms with Gasteiger partial charge in [0.25, 0.3) is 0 Å². The van der Waals surface area contributed by atoms with Crippen molar-refractivity contribution in [3.8, 4) is 46.0 Å². The zero-order valence-electron chi connectivity index (χ0n) is 34.1. The van der Waals surface area contributed by atoms with Crippen molar-refractivity contribution in [2.45, 2.75) is 32.7 Å². The summed E-state index contributed by atoms with van der Waals surface area (Å²) >= 11 is 0. The van der Waals surface area contributed by atoms with Gasteiger partial charge in [0.2, 0.25) is 11.6 Å².